The van der Waals surface area contributed by atoms with Crippen LogP contribution in [0.4, 0.5) is 5.69 Å². The van der Waals surface area contributed by atoms with Crippen LogP contribution < -0.4 is 22.3 Å². The molecule has 0 saturated heterocycles. The van der Waals surface area contributed by atoms with Crippen LogP contribution in [-0.2, 0) is 4.79 Å². The first kappa shape index (κ1) is 15.9. The number of anilines is 1. The van der Waals surface area contributed by atoms with Crippen LogP contribution in [0.3, 0.4) is 0 Å². The van der Waals surface area contributed by atoms with Gasteiger partial charge in [0.05, 0.1) is 12.4 Å². The lowest BCUT2D eigenvalue weighted by molar-refractivity contribution is -0.117. The second-order valence-corrected chi connectivity index (χ2v) is 5.00. The number of fused-ring (bicyclic) bond motifs is 1. The van der Waals surface area contributed by atoms with E-state index in [1.807, 2.05) is 42.5 Å². The Morgan fingerprint density at radius 1 is 1.23 bits per heavy atom. The molecule has 2 rings (SSSR count). The average Bonchev–Trinajstić information content (AvgIpc) is 2.54. The van der Waals surface area contributed by atoms with Crippen molar-refractivity contribution in [1.29, 1.82) is 0 Å². The van der Waals surface area contributed by atoms with E-state index in [1.165, 1.54) is 6.34 Å². The molecular formula is C16H21N5O. The minimum atomic E-state index is -0.549. The first-order chi connectivity index (χ1) is 10.7. The minimum Gasteiger partial charge on any atom is -0.325 e. The van der Waals surface area contributed by atoms with Gasteiger partial charge in [-0.3, -0.25) is 9.79 Å². The zero-order chi connectivity index (χ0) is 15.8. The standard InChI is InChI=1S/C16H21N5O/c17-15(6-3-9-19-11-20-18)16(22)21-14-8-7-12-4-1-2-5-13(12)10-14/h1-2,4-5,7-8,10-11,15H,3,6,9,17-18H2,(H,19,20)(H,21,22)/t15-/m0/s1. The molecule has 2 aromatic rings. The number of aliphatic imine (C=N–C) groups is 1. The van der Waals surface area contributed by atoms with Crippen LogP contribution in [0.5, 0.6) is 0 Å². The Morgan fingerprint density at radius 2 is 2.00 bits per heavy atom. The van der Waals surface area contributed by atoms with Crippen molar-refractivity contribution >= 4 is 28.7 Å². The predicted octanol–water partition coefficient (Wildman–Crippen LogP) is 1.38. The SMILES string of the molecule is NNC=NCCC[C@H](N)C(=O)Nc1ccc2ccccc2c1. The zero-order valence-electron chi connectivity index (χ0n) is 12.3. The maximum atomic E-state index is 12.1. The number of hydrogen-bond acceptors (Lipinski definition) is 4. The topological polar surface area (TPSA) is 106 Å². The number of nitrogens with one attached hydrogen (secondary N) is 2. The third-order valence-electron chi connectivity index (χ3n) is 3.32. The number of hydrogen-bond donors (Lipinski definition) is 4. The summed E-state index contributed by atoms with van der Waals surface area (Å²) in [6.45, 7) is 0.584. The Hall–Kier alpha value is -2.44. The minimum absolute atomic E-state index is 0.184. The fraction of sp³-hybridized carbons (Fsp3) is 0.250. The van der Waals surface area contributed by atoms with Gasteiger partial charge in [0.15, 0.2) is 0 Å². The molecule has 0 aliphatic heterocycles. The third-order valence-corrected chi connectivity index (χ3v) is 3.32. The van der Waals surface area contributed by atoms with Crippen LogP contribution in [-0.4, -0.2) is 24.8 Å². The van der Waals surface area contributed by atoms with Gasteiger partial charge in [-0.05, 0) is 35.7 Å². The van der Waals surface area contributed by atoms with E-state index in [2.05, 4.69) is 15.7 Å². The van der Waals surface area contributed by atoms with Gasteiger partial charge in [-0.2, -0.15) is 0 Å². The lowest BCUT2D eigenvalue weighted by Gasteiger charge is -2.12. The molecule has 116 valence electrons. The molecule has 0 saturated carbocycles. The number of benzene rings is 2. The molecule has 2 aromatic carbocycles. The van der Waals surface area contributed by atoms with Crippen molar-refractivity contribution in [2.24, 2.45) is 16.6 Å². The summed E-state index contributed by atoms with van der Waals surface area (Å²) in [5, 5.41) is 5.07. The van der Waals surface area contributed by atoms with Crippen molar-refractivity contribution in [3.63, 3.8) is 0 Å². The molecule has 0 bridgehead atoms. The fourth-order valence-electron chi connectivity index (χ4n) is 2.15. The van der Waals surface area contributed by atoms with Gasteiger partial charge in [0.25, 0.3) is 0 Å². The summed E-state index contributed by atoms with van der Waals surface area (Å²) in [5.41, 5.74) is 8.97. The highest BCUT2D eigenvalue weighted by Gasteiger charge is 2.13. The maximum Gasteiger partial charge on any atom is 0.241 e. The molecule has 0 aliphatic rings. The molecular weight excluding hydrogens is 278 g/mol. The van der Waals surface area contributed by atoms with Gasteiger partial charge in [-0.15, -0.1) is 0 Å². The van der Waals surface area contributed by atoms with Crippen LogP contribution >= 0.6 is 0 Å². The van der Waals surface area contributed by atoms with Crippen molar-refractivity contribution in [2.45, 2.75) is 18.9 Å². The Kier molecular flexibility index (Phi) is 5.88. The summed E-state index contributed by atoms with van der Waals surface area (Å²) in [4.78, 5) is 16.1. The third kappa shape index (κ3) is 4.54. The smallest absolute Gasteiger partial charge is 0.241 e. The number of amides is 1. The highest BCUT2D eigenvalue weighted by atomic mass is 16.2. The molecule has 0 heterocycles. The maximum absolute atomic E-state index is 12.1. The summed E-state index contributed by atoms with van der Waals surface area (Å²) in [6, 6.07) is 13.2. The monoisotopic (exact) mass is 299 g/mol. The molecule has 1 atom stereocenters. The summed E-state index contributed by atoms with van der Waals surface area (Å²) in [5.74, 6) is 4.87. The Bertz CT molecular complexity index is 656. The zero-order valence-corrected chi connectivity index (χ0v) is 12.3. The fourth-order valence-corrected chi connectivity index (χ4v) is 2.15. The van der Waals surface area contributed by atoms with Crippen LogP contribution in [0.25, 0.3) is 10.8 Å². The summed E-state index contributed by atoms with van der Waals surface area (Å²) in [6.07, 6.45) is 2.71. The molecule has 0 aliphatic carbocycles. The van der Waals surface area contributed by atoms with Gasteiger partial charge in [0, 0.05) is 12.2 Å². The molecule has 1 amide bonds. The van der Waals surface area contributed by atoms with Gasteiger partial charge in [-0.25, -0.2) is 5.84 Å². The van der Waals surface area contributed by atoms with E-state index < -0.39 is 6.04 Å². The number of nitrogens with two attached hydrogens (primary N) is 2. The van der Waals surface area contributed by atoms with E-state index in [9.17, 15) is 4.79 Å². The van der Waals surface area contributed by atoms with E-state index in [-0.39, 0.29) is 5.91 Å². The normalized spacial score (nSPS) is 12.5. The number of nitrogens with zero attached hydrogens (tertiary/aromatic N) is 1. The quantitative estimate of drug-likeness (QED) is 0.204. The summed E-state index contributed by atoms with van der Waals surface area (Å²) < 4.78 is 0. The Morgan fingerprint density at radius 3 is 2.77 bits per heavy atom. The van der Waals surface area contributed by atoms with Crippen LogP contribution in [0.15, 0.2) is 47.5 Å². The first-order valence-electron chi connectivity index (χ1n) is 7.20. The lowest BCUT2D eigenvalue weighted by Crippen LogP contribution is -2.35. The van der Waals surface area contributed by atoms with Gasteiger partial charge in [0.2, 0.25) is 5.91 Å². The second-order valence-electron chi connectivity index (χ2n) is 5.00. The summed E-state index contributed by atoms with van der Waals surface area (Å²) in [7, 11) is 0. The van der Waals surface area contributed by atoms with Crippen molar-refractivity contribution < 1.29 is 4.79 Å². The van der Waals surface area contributed by atoms with Crippen molar-refractivity contribution in [3.05, 3.63) is 42.5 Å². The van der Waals surface area contributed by atoms with Crippen molar-refractivity contribution in [1.82, 2.24) is 5.43 Å². The van der Waals surface area contributed by atoms with Gasteiger partial charge in [-0.1, -0.05) is 30.3 Å². The molecule has 0 radical (unpaired) electrons. The molecule has 6 nitrogen and oxygen atoms in total. The molecule has 0 spiro atoms. The highest BCUT2D eigenvalue weighted by molar-refractivity contribution is 5.97. The molecule has 6 heteroatoms. The molecule has 6 N–H and O–H groups in total. The van der Waals surface area contributed by atoms with E-state index in [0.29, 0.717) is 13.0 Å². The lowest BCUT2D eigenvalue weighted by atomic mass is 10.1. The Labute approximate surface area is 129 Å². The Balaban J connectivity index is 1.88. The predicted molar refractivity (Wildman–Crippen MR) is 90.5 cm³/mol. The largest absolute Gasteiger partial charge is 0.325 e. The molecule has 0 fully saturated rings. The average molecular weight is 299 g/mol. The number of carbonyl (C=O) groups excluding carboxylic acids is 1. The molecule has 0 unspecified atom stereocenters. The van der Waals surface area contributed by atoms with Crippen LogP contribution in [0.1, 0.15) is 12.8 Å². The molecule has 0 aromatic heterocycles. The molecule has 22 heavy (non-hydrogen) atoms. The number of rotatable bonds is 7. The highest BCUT2D eigenvalue weighted by Crippen LogP contribution is 2.19. The van der Waals surface area contributed by atoms with Crippen molar-refractivity contribution in [2.75, 3.05) is 11.9 Å². The van der Waals surface area contributed by atoms with Gasteiger partial charge < -0.3 is 16.5 Å². The van der Waals surface area contributed by atoms with Gasteiger partial charge >= 0.3 is 0 Å². The first-order valence-corrected chi connectivity index (χ1v) is 7.20. The van der Waals surface area contributed by atoms with Crippen LogP contribution in [0, 0.1) is 0 Å². The van der Waals surface area contributed by atoms with Gasteiger partial charge in [0.1, 0.15) is 0 Å². The van der Waals surface area contributed by atoms with Crippen LogP contribution in [0.2, 0.25) is 0 Å². The second kappa shape index (κ2) is 8.11. The van der Waals surface area contributed by atoms with E-state index in [0.717, 1.165) is 22.9 Å². The van der Waals surface area contributed by atoms with E-state index >= 15 is 0 Å². The number of hydrazine groups is 1. The van der Waals surface area contributed by atoms with E-state index in [1.54, 1.807) is 0 Å². The van der Waals surface area contributed by atoms with Crippen molar-refractivity contribution in [3.8, 4) is 0 Å². The van der Waals surface area contributed by atoms with E-state index in [4.69, 9.17) is 11.6 Å². The summed E-state index contributed by atoms with van der Waals surface area (Å²) >= 11 is 0. The number of carbonyl (C=O) groups is 1.